The first-order valence-corrected chi connectivity index (χ1v) is 10.8. The van der Waals surface area contributed by atoms with Crippen LogP contribution in [0.3, 0.4) is 0 Å². The SMILES string of the molecule is COc1cnc2ccc(Nc3c(F)ccc(NS(=O)c4ccccc4)c3Cl)c(C#N)c2n1. The van der Waals surface area contributed by atoms with Crippen molar-refractivity contribution in [2.24, 2.45) is 0 Å². The summed E-state index contributed by atoms with van der Waals surface area (Å²) in [6.45, 7) is 0. The van der Waals surface area contributed by atoms with Gasteiger partial charge in [-0.1, -0.05) is 29.8 Å². The minimum atomic E-state index is -1.60. The van der Waals surface area contributed by atoms with E-state index in [1.807, 2.05) is 6.07 Å². The van der Waals surface area contributed by atoms with Gasteiger partial charge in [0.1, 0.15) is 34.0 Å². The average molecular weight is 468 g/mol. The molecule has 0 fully saturated rings. The standard InChI is InChI=1S/C22H15ClFN5O2S/c1-31-19-12-26-18-10-9-16(14(11-25)21(18)28-19)27-22-15(24)7-8-17(20(22)23)29-32(30)13-5-3-2-4-6-13/h2-10,12,27,29H,1H3. The van der Waals surface area contributed by atoms with Gasteiger partial charge < -0.3 is 10.1 Å². The van der Waals surface area contributed by atoms with Gasteiger partial charge in [0.05, 0.1) is 45.8 Å². The van der Waals surface area contributed by atoms with Crippen LogP contribution in [0.15, 0.2) is 65.7 Å². The highest BCUT2D eigenvalue weighted by Crippen LogP contribution is 2.37. The lowest BCUT2D eigenvalue weighted by Gasteiger charge is -2.15. The molecule has 0 aliphatic carbocycles. The molecule has 1 heterocycles. The number of halogens is 2. The number of anilines is 3. The van der Waals surface area contributed by atoms with Crippen LogP contribution >= 0.6 is 11.6 Å². The number of benzene rings is 3. The van der Waals surface area contributed by atoms with E-state index in [0.29, 0.717) is 15.9 Å². The smallest absolute Gasteiger partial charge is 0.232 e. The summed E-state index contributed by atoms with van der Waals surface area (Å²) in [6, 6.07) is 16.6. The van der Waals surface area contributed by atoms with Crippen molar-refractivity contribution in [2.45, 2.75) is 4.90 Å². The molecule has 1 unspecified atom stereocenters. The van der Waals surface area contributed by atoms with Crippen LogP contribution in [0.4, 0.5) is 21.5 Å². The first-order valence-electron chi connectivity index (χ1n) is 9.24. The third-order valence-corrected chi connectivity index (χ3v) is 6.02. The van der Waals surface area contributed by atoms with Crippen molar-refractivity contribution < 1.29 is 13.3 Å². The van der Waals surface area contributed by atoms with Crippen molar-refractivity contribution in [1.29, 1.82) is 5.26 Å². The topological polar surface area (TPSA) is 99.9 Å². The molecule has 0 saturated heterocycles. The second kappa shape index (κ2) is 9.18. The lowest BCUT2D eigenvalue weighted by Crippen LogP contribution is -2.07. The van der Waals surface area contributed by atoms with Crippen molar-refractivity contribution in [3.63, 3.8) is 0 Å². The predicted octanol–water partition coefficient (Wildman–Crippen LogP) is 5.18. The molecule has 2 N–H and O–H groups in total. The number of nitrogens with zero attached hydrogens (tertiary/aromatic N) is 3. The summed E-state index contributed by atoms with van der Waals surface area (Å²) >= 11 is 6.43. The van der Waals surface area contributed by atoms with Gasteiger partial charge in [0.2, 0.25) is 5.88 Å². The number of hydrogen-bond acceptors (Lipinski definition) is 6. The fourth-order valence-corrected chi connectivity index (χ4v) is 4.16. The van der Waals surface area contributed by atoms with E-state index < -0.39 is 16.8 Å². The molecule has 0 bridgehead atoms. The summed E-state index contributed by atoms with van der Waals surface area (Å²) in [5.74, 6) is -0.406. The Morgan fingerprint density at radius 1 is 1.12 bits per heavy atom. The largest absolute Gasteiger partial charge is 0.480 e. The van der Waals surface area contributed by atoms with Gasteiger partial charge >= 0.3 is 0 Å². The summed E-state index contributed by atoms with van der Waals surface area (Å²) in [4.78, 5) is 9.02. The molecule has 160 valence electrons. The van der Waals surface area contributed by atoms with Gasteiger partial charge in [-0.05, 0) is 36.4 Å². The van der Waals surface area contributed by atoms with Gasteiger partial charge in [0.15, 0.2) is 0 Å². The molecule has 0 aliphatic heterocycles. The van der Waals surface area contributed by atoms with Crippen molar-refractivity contribution in [3.8, 4) is 11.9 Å². The van der Waals surface area contributed by atoms with E-state index >= 15 is 0 Å². The molecule has 0 saturated carbocycles. The summed E-state index contributed by atoms with van der Waals surface area (Å²) in [7, 11) is -0.162. The molecule has 10 heteroatoms. The summed E-state index contributed by atoms with van der Waals surface area (Å²) in [5.41, 5.74) is 1.40. The molecule has 4 aromatic rings. The lowest BCUT2D eigenvalue weighted by atomic mass is 10.1. The van der Waals surface area contributed by atoms with E-state index in [1.165, 1.54) is 25.4 Å². The molecule has 1 aromatic heterocycles. The predicted molar refractivity (Wildman–Crippen MR) is 122 cm³/mol. The quantitative estimate of drug-likeness (QED) is 0.405. The summed E-state index contributed by atoms with van der Waals surface area (Å²) in [6.07, 6.45) is 1.44. The fourth-order valence-electron chi connectivity index (χ4n) is 2.96. The Morgan fingerprint density at radius 3 is 2.59 bits per heavy atom. The number of aromatic nitrogens is 2. The maximum absolute atomic E-state index is 14.7. The highest BCUT2D eigenvalue weighted by Gasteiger charge is 2.18. The number of fused-ring (bicyclic) bond motifs is 1. The van der Waals surface area contributed by atoms with E-state index in [0.717, 1.165) is 0 Å². The average Bonchev–Trinajstić information content (AvgIpc) is 2.83. The van der Waals surface area contributed by atoms with Crippen LogP contribution in [-0.2, 0) is 11.0 Å². The Hall–Kier alpha value is -3.74. The third kappa shape index (κ3) is 4.19. The summed E-state index contributed by atoms with van der Waals surface area (Å²) < 4.78 is 35.1. The van der Waals surface area contributed by atoms with Gasteiger partial charge in [-0.3, -0.25) is 4.72 Å². The summed E-state index contributed by atoms with van der Waals surface area (Å²) in [5, 5.41) is 12.6. The first kappa shape index (κ1) is 21.5. The minimum Gasteiger partial charge on any atom is -0.480 e. The van der Waals surface area contributed by atoms with Gasteiger partial charge in [-0.2, -0.15) is 5.26 Å². The number of methoxy groups -OCH3 is 1. The van der Waals surface area contributed by atoms with Crippen LogP contribution in [0.25, 0.3) is 11.0 Å². The van der Waals surface area contributed by atoms with Crippen LogP contribution in [0.5, 0.6) is 5.88 Å². The molecule has 0 amide bonds. The molecule has 3 aromatic carbocycles. The molecule has 0 spiro atoms. The highest BCUT2D eigenvalue weighted by molar-refractivity contribution is 7.86. The Bertz CT molecular complexity index is 1380. The van der Waals surface area contributed by atoms with Crippen LogP contribution in [-0.4, -0.2) is 21.3 Å². The second-order valence-electron chi connectivity index (χ2n) is 6.47. The Balaban J connectivity index is 1.72. The van der Waals surface area contributed by atoms with Gasteiger partial charge in [0.25, 0.3) is 0 Å². The monoisotopic (exact) mass is 467 g/mol. The van der Waals surface area contributed by atoms with E-state index in [-0.39, 0.29) is 33.5 Å². The van der Waals surface area contributed by atoms with E-state index in [9.17, 15) is 13.9 Å². The zero-order chi connectivity index (χ0) is 22.7. The van der Waals surface area contributed by atoms with Crippen LogP contribution < -0.4 is 14.8 Å². The Morgan fingerprint density at radius 2 is 1.88 bits per heavy atom. The van der Waals surface area contributed by atoms with Crippen molar-refractivity contribution in [1.82, 2.24) is 9.97 Å². The van der Waals surface area contributed by atoms with Gasteiger partial charge in [-0.15, -0.1) is 0 Å². The maximum Gasteiger partial charge on any atom is 0.232 e. The number of nitriles is 1. The van der Waals surface area contributed by atoms with Crippen LogP contribution in [0.2, 0.25) is 5.02 Å². The number of nitrogens with one attached hydrogen (secondary N) is 2. The molecular weight excluding hydrogens is 453 g/mol. The van der Waals surface area contributed by atoms with Gasteiger partial charge in [0, 0.05) is 0 Å². The zero-order valence-electron chi connectivity index (χ0n) is 16.6. The molecule has 7 nitrogen and oxygen atoms in total. The fraction of sp³-hybridized carbons (Fsp3) is 0.0455. The molecule has 1 atom stereocenters. The van der Waals surface area contributed by atoms with Crippen LogP contribution in [0.1, 0.15) is 5.56 Å². The third-order valence-electron chi connectivity index (χ3n) is 4.52. The van der Waals surface area contributed by atoms with Crippen LogP contribution in [0, 0.1) is 17.1 Å². The van der Waals surface area contributed by atoms with Crippen molar-refractivity contribution in [3.05, 3.63) is 77.2 Å². The van der Waals surface area contributed by atoms with Crippen molar-refractivity contribution >= 4 is 50.7 Å². The minimum absolute atomic E-state index is 0.0185. The zero-order valence-corrected chi connectivity index (χ0v) is 18.2. The van der Waals surface area contributed by atoms with Gasteiger partial charge in [-0.25, -0.2) is 18.6 Å². The molecule has 32 heavy (non-hydrogen) atoms. The molecule has 4 rings (SSSR count). The number of hydrogen-bond donors (Lipinski definition) is 2. The Kier molecular flexibility index (Phi) is 6.16. The Labute approximate surface area is 190 Å². The highest BCUT2D eigenvalue weighted by atomic mass is 35.5. The molecule has 0 radical (unpaired) electrons. The van der Waals surface area contributed by atoms with E-state index in [2.05, 4.69) is 26.1 Å². The lowest BCUT2D eigenvalue weighted by molar-refractivity contribution is 0.397. The van der Waals surface area contributed by atoms with E-state index in [4.69, 9.17) is 16.3 Å². The first-order chi connectivity index (χ1) is 15.5. The second-order valence-corrected chi connectivity index (χ2v) is 8.06. The number of ether oxygens (including phenoxy) is 1. The maximum atomic E-state index is 14.7. The number of rotatable bonds is 6. The molecule has 0 aliphatic rings. The van der Waals surface area contributed by atoms with Crippen molar-refractivity contribution in [2.75, 3.05) is 17.1 Å². The molecular formula is C22H15ClFN5O2S. The normalized spacial score (nSPS) is 11.6. The van der Waals surface area contributed by atoms with E-state index in [1.54, 1.807) is 36.4 Å².